The van der Waals surface area contributed by atoms with E-state index in [1.54, 1.807) is 12.1 Å². The van der Waals surface area contributed by atoms with Crippen molar-refractivity contribution < 1.29 is 9.45 Å². The van der Waals surface area contributed by atoms with Crippen LogP contribution in [0.4, 0.5) is 11.4 Å². The van der Waals surface area contributed by atoms with Crippen LogP contribution in [0.2, 0.25) is 0 Å². The van der Waals surface area contributed by atoms with E-state index >= 15 is 0 Å². The first kappa shape index (κ1) is 17.1. The van der Waals surface area contributed by atoms with E-state index in [1.807, 2.05) is 13.0 Å². The van der Waals surface area contributed by atoms with Gasteiger partial charge in [-0.05, 0) is 44.7 Å². The predicted octanol–water partition coefficient (Wildman–Crippen LogP) is 4.10. The largest absolute Gasteiger partial charge is 0.371 e. The molecule has 28 heavy (non-hydrogen) atoms. The van der Waals surface area contributed by atoms with Crippen molar-refractivity contribution in [3.63, 3.8) is 0 Å². The quantitative estimate of drug-likeness (QED) is 0.497. The van der Waals surface area contributed by atoms with Gasteiger partial charge < -0.3 is 9.42 Å². The van der Waals surface area contributed by atoms with Gasteiger partial charge in [0.15, 0.2) is 5.82 Å². The zero-order valence-electron chi connectivity index (χ0n) is 15.7. The first-order chi connectivity index (χ1) is 13.6. The van der Waals surface area contributed by atoms with Crippen LogP contribution < -0.4 is 4.90 Å². The summed E-state index contributed by atoms with van der Waals surface area (Å²) < 4.78 is 5.42. The van der Waals surface area contributed by atoms with Crippen molar-refractivity contribution in [2.75, 3.05) is 18.0 Å². The summed E-state index contributed by atoms with van der Waals surface area (Å²) in [5.74, 6) is 2.40. The Labute approximate surface area is 161 Å². The fraction of sp³-hybridized carbons (Fsp3) is 0.450. The fourth-order valence-corrected chi connectivity index (χ4v) is 3.99. The molecule has 2 aliphatic rings. The van der Waals surface area contributed by atoms with Crippen LogP contribution in [0.5, 0.6) is 0 Å². The molecule has 1 aliphatic heterocycles. The molecule has 1 saturated heterocycles. The second-order valence-corrected chi connectivity index (χ2v) is 7.77. The first-order valence-corrected chi connectivity index (χ1v) is 9.73. The Bertz CT molecular complexity index is 1050. The summed E-state index contributed by atoms with van der Waals surface area (Å²) >= 11 is 0. The number of hydrogen-bond acceptors (Lipinski definition) is 7. The van der Waals surface area contributed by atoms with E-state index in [-0.39, 0.29) is 10.6 Å². The highest BCUT2D eigenvalue weighted by Gasteiger charge is 2.32. The predicted molar refractivity (Wildman–Crippen MR) is 104 cm³/mol. The van der Waals surface area contributed by atoms with Crippen molar-refractivity contribution in [2.45, 2.75) is 44.4 Å². The lowest BCUT2D eigenvalue weighted by atomic mass is 9.95. The van der Waals surface area contributed by atoms with Crippen molar-refractivity contribution in [2.24, 2.45) is 0 Å². The number of aryl methyl sites for hydroxylation is 1. The lowest BCUT2D eigenvalue weighted by Gasteiger charge is -2.33. The maximum absolute atomic E-state index is 11.2. The van der Waals surface area contributed by atoms with Crippen LogP contribution in [-0.2, 0) is 0 Å². The molecule has 2 fully saturated rings. The number of nitrogens with zero attached hydrogens (tertiary/aromatic N) is 5. The molecule has 1 saturated carbocycles. The molecule has 144 valence electrons. The molecule has 5 rings (SSSR count). The third-order valence-corrected chi connectivity index (χ3v) is 5.69. The number of rotatable bonds is 4. The van der Waals surface area contributed by atoms with Crippen molar-refractivity contribution in [1.82, 2.24) is 15.1 Å². The molecular formula is C20H21N5O3. The third-order valence-electron chi connectivity index (χ3n) is 5.69. The number of anilines is 1. The topological polar surface area (TPSA) is 98.2 Å². The van der Waals surface area contributed by atoms with E-state index in [4.69, 9.17) is 4.52 Å². The highest BCUT2D eigenvalue weighted by molar-refractivity contribution is 5.93. The van der Waals surface area contributed by atoms with Gasteiger partial charge in [0.1, 0.15) is 0 Å². The van der Waals surface area contributed by atoms with Gasteiger partial charge >= 0.3 is 0 Å². The molecule has 3 aromatic rings. The second kappa shape index (κ2) is 6.54. The SMILES string of the molecule is Cc1cc(N2CCC(c3noc(C4CC4)n3)CC2)c2cc([N+](=O)[O-])ccc2n1. The molecule has 0 radical (unpaired) electrons. The summed E-state index contributed by atoms with van der Waals surface area (Å²) in [6.07, 6.45) is 4.17. The van der Waals surface area contributed by atoms with Crippen molar-refractivity contribution in [3.05, 3.63) is 51.8 Å². The summed E-state index contributed by atoms with van der Waals surface area (Å²) in [5.41, 5.74) is 2.80. The highest BCUT2D eigenvalue weighted by atomic mass is 16.6. The molecule has 8 nitrogen and oxygen atoms in total. The summed E-state index contributed by atoms with van der Waals surface area (Å²) in [6.45, 7) is 3.65. The Morgan fingerprint density at radius 2 is 1.89 bits per heavy atom. The normalized spacial score (nSPS) is 18.0. The molecule has 3 heterocycles. The Morgan fingerprint density at radius 3 is 2.61 bits per heavy atom. The van der Waals surface area contributed by atoms with E-state index in [0.29, 0.717) is 11.8 Å². The Hall–Kier alpha value is -3.03. The minimum Gasteiger partial charge on any atom is -0.371 e. The van der Waals surface area contributed by atoms with E-state index in [2.05, 4.69) is 20.0 Å². The van der Waals surface area contributed by atoms with Crippen LogP contribution in [0.25, 0.3) is 10.9 Å². The molecule has 0 amide bonds. The summed E-state index contributed by atoms with van der Waals surface area (Å²) in [7, 11) is 0. The van der Waals surface area contributed by atoms with Crippen molar-refractivity contribution in [3.8, 4) is 0 Å². The molecule has 0 N–H and O–H groups in total. The van der Waals surface area contributed by atoms with E-state index in [1.165, 1.54) is 6.07 Å². The van der Waals surface area contributed by atoms with Gasteiger partial charge in [-0.15, -0.1) is 0 Å². The number of hydrogen-bond donors (Lipinski definition) is 0. The van der Waals surface area contributed by atoms with Gasteiger partial charge in [-0.25, -0.2) is 0 Å². The van der Waals surface area contributed by atoms with Gasteiger partial charge in [0.2, 0.25) is 5.89 Å². The van der Waals surface area contributed by atoms with Crippen LogP contribution in [-0.4, -0.2) is 33.1 Å². The van der Waals surface area contributed by atoms with Gasteiger partial charge in [-0.2, -0.15) is 4.98 Å². The monoisotopic (exact) mass is 379 g/mol. The van der Waals surface area contributed by atoms with Gasteiger partial charge in [0, 0.05) is 53.8 Å². The molecule has 1 aromatic carbocycles. The maximum Gasteiger partial charge on any atom is 0.270 e. The summed E-state index contributed by atoms with van der Waals surface area (Å²) in [6, 6.07) is 6.89. The number of non-ortho nitro benzene ring substituents is 1. The molecule has 1 aliphatic carbocycles. The Balaban J connectivity index is 1.39. The van der Waals surface area contributed by atoms with Crippen LogP contribution in [0.1, 0.15) is 54.9 Å². The molecule has 0 bridgehead atoms. The molecule has 8 heteroatoms. The van der Waals surface area contributed by atoms with Crippen molar-refractivity contribution >= 4 is 22.3 Å². The van der Waals surface area contributed by atoms with Gasteiger partial charge in [0.05, 0.1) is 10.4 Å². The van der Waals surface area contributed by atoms with Crippen LogP contribution in [0, 0.1) is 17.0 Å². The maximum atomic E-state index is 11.2. The number of piperidine rings is 1. The average Bonchev–Trinajstić information content (AvgIpc) is 3.44. The van der Waals surface area contributed by atoms with Gasteiger partial charge in [-0.3, -0.25) is 15.1 Å². The number of nitro groups is 1. The van der Waals surface area contributed by atoms with Gasteiger partial charge in [-0.1, -0.05) is 5.16 Å². The minimum absolute atomic E-state index is 0.0914. The zero-order valence-corrected chi connectivity index (χ0v) is 15.7. The number of fused-ring (bicyclic) bond motifs is 1. The lowest BCUT2D eigenvalue weighted by molar-refractivity contribution is -0.384. The number of benzene rings is 1. The standard InChI is InChI=1S/C20H21N5O3/c1-12-10-18(16-11-15(25(26)27)4-5-17(16)21-12)24-8-6-13(7-9-24)19-22-20(28-23-19)14-2-3-14/h4-5,10-11,13-14H,2-3,6-9H2,1H3. The number of nitro benzene ring substituents is 1. The third kappa shape index (κ3) is 3.08. The van der Waals surface area contributed by atoms with E-state index in [0.717, 1.165) is 72.8 Å². The number of pyridine rings is 1. The van der Waals surface area contributed by atoms with Crippen molar-refractivity contribution in [1.29, 1.82) is 0 Å². The molecule has 0 unspecified atom stereocenters. The lowest BCUT2D eigenvalue weighted by Crippen LogP contribution is -2.33. The van der Waals surface area contributed by atoms with Crippen LogP contribution in [0.3, 0.4) is 0 Å². The fourth-order valence-electron chi connectivity index (χ4n) is 3.99. The second-order valence-electron chi connectivity index (χ2n) is 7.77. The number of aromatic nitrogens is 3. The van der Waals surface area contributed by atoms with Gasteiger partial charge in [0.25, 0.3) is 5.69 Å². The highest BCUT2D eigenvalue weighted by Crippen LogP contribution is 2.40. The molecule has 0 spiro atoms. The van der Waals surface area contributed by atoms with E-state index in [9.17, 15) is 10.1 Å². The average molecular weight is 379 g/mol. The molecule has 0 atom stereocenters. The minimum atomic E-state index is -0.358. The smallest absolute Gasteiger partial charge is 0.270 e. The Morgan fingerprint density at radius 1 is 1.11 bits per heavy atom. The Kier molecular flexibility index (Phi) is 3.99. The van der Waals surface area contributed by atoms with Crippen LogP contribution in [0.15, 0.2) is 28.8 Å². The summed E-state index contributed by atoms with van der Waals surface area (Å²) in [5, 5.41) is 16.2. The molecule has 2 aromatic heterocycles. The van der Waals surface area contributed by atoms with Crippen LogP contribution >= 0.6 is 0 Å². The van der Waals surface area contributed by atoms with E-state index < -0.39 is 0 Å². The molecular weight excluding hydrogens is 358 g/mol. The zero-order chi connectivity index (χ0) is 19.3. The summed E-state index contributed by atoms with van der Waals surface area (Å²) in [4.78, 5) is 22.3. The first-order valence-electron chi connectivity index (χ1n) is 9.73.